The van der Waals surface area contributed by atoms with Crippen LogP contribution in [0.4, 0.5) is 0 Å². The van der Waals surface area contributed by atoms with Crippen LogP contribution in [0.5, 0.6) is 0 Å². The molecule has 1 heterocycles. The second kappa shape index (κ2) is 6.37. The molecule has 0 bridgehead atoms. The van der Waals surface area contributed by atoms with E-state index in [0.29, 0.717) is 19.1 Å². The average molecular weight is 237 g/mol. The first-order chi connectivity index (χ1) is 8.33. The second-order valence-electron chi connectivity index (χ2n) is 5.43. The molecular weight excluding hydrogens is 214 g/mol. The number of hydrogen-bond acceptors (Lipinski definition) is 3. The predicted octanol–water partition coefficient (Wildman–Crippen LogP) is 3.11. The van der Waals surface area contributed by atoms with Crippen LogP contribution >= 0.6 is 0 Å². The zero-order valence-electron chi connectivity index (χ0n) is 10.7. The average Bonchev–Trinajstić information content (AvgIpc) is 2.40. The highest BCUT2D eigenvalue weighted by molar-refractivity contribution is 4.85. The molecule has 2 fully saturated rings. The van der Waals surface area contributed by atoms with E-state index in [1.807, 2.05) is 0 Å². The number of nitriles is 1. The van der Waals surface area contributed by atoms with Crippen LogP contribution in [0.2, 0.25) is 0 Å². The van der Waals surface area contributed by atoms with Crippen molar-refractivity contribution in [2.24, 2.45) is 17.8 Å². The standard InChI is InChI=1S/C14H23NO2/c1-2-3-11-4-6-13(7-5-11)14-16-9-12(8-15)10-17-14/h11-14H,2-7,9-10H2,1H3. The van der Waals surface area contributed by atoms with E-state index in [9.17, 15) is 0 Å². The van der Waals surface area contributed by atoms with E-state index >= 15 is 0 Å². The van der Waals surface area contributed by atoms with Crippen LogP contribution in [-0.4, -0.2) is 19.5 Å². The fraction of sp³-hybridized carbons (Fsp3) is 0.929. The summed E-state index contributed by atoms with van der Waals surface area (Å²) >= 11 is 0. The molecule has 17 heavy (non-hydrogen) atoms. The quantitative estimate of drug-likeness (QED) is 0.757. The Morgan fingerprint density at radius 1 is 1.12 bits per heavy atom. The first-order valence-electron chi connectivity index (χ1n) is 6.96. The van der Waals surface area contributed by atoms with Gasteiger partial charge in [0.25, 0.3) is 0 Å². The number of rotatable bonds is 3. The third-order valence-electron chi connectivity index (χ3n) is 4.08. The lowest BCUT2D eigenvalue weighted by atomic mass is 9.79. The van der Waals surface area contributed by atoms with Crippen LogP contribution in [0.1, 0.15) is 45.4 Å². The molecule has 1 saturated carbocycles. The summed E-state index contributed by atoms with van der Waals surface area (Å²) in [4.78, 5) is 0. The summed E-state index contributed by atoms with van der Waals surface area (Å²) in [5, 5.41) is 8.77. The molecule has 0 N–H and O–H groups in total. The first-order valence-corrected chi connectivity index (χ1v) is 6.96. The van der Waals surface area contributed by atoms with Crippen molar-refractivity contribution in [2.75, 3.05) is 13.2 Å². The zero-order chi connectivity index (χ0) is 12.1. The van der Waals surface area contributed by atoms with Gasteiger partial charge in [-0.1, -0.05) is 19.8 Å². The molecule has 0 aromatic heterocycles. The summed E-state index contributed by atoms with van der Waals surface area (Å²) in [7, 11) is 0. The number of ether oxygens (including phenoxy) is 2. The summed E-state index contributed by atoms with van der Waals surface area (Å²) in [6, 6.07) is 2.20. The minimum atomic E-state index is -0.0670. The molecule has 2 rings (SSSR count). The highest BCUT2D eigenvalue weighted by atomic mass is 16.7. The van der Waals surface area contributed by atoms with E-state index in [1.165, 1.54) is 38.5 Å². The van der Waals surface area contributed by atoms with Gasteiger partial charge >= 0.3 is 0 Å². The third-order valence-corrected chi connectivity index (χ3v) is 4.08. The van der Waals surface area contributed by atoms with Gasteiger partial charge in [0.2, 0.25) is 0 Å². The summed E-state index contributed by atoms with van der Waals surface area (Å²) in [5.74, 6) is 1.41. The largest absolute Gasteiger partial charge is 0.351 e. The topological polar surface area (TPSA) is 42.2 Å². The Bertz CT molecular complexity index is 258. The van der Waals surface area contributed by atoms with E-state index < -0.39 is 0 Å². The van der Waals surface area contributed by atoms with Crippen molar-refractivity contribution < 1.29 is 9.47 Å². The molecule has 0 unspecified atom stereocenters. The Morgan fingerprint density at radius 3 is 2.29 bits per heavy atom. The van der Waals surface area contributed by atoms with Crippen LogP contribution < -0.4 is 0 Å². The van der Waals surface area contributed by atoms with Crippen LogP contribution in [0.15, 0.2) is 0 Å². The Hall–Kier alpha value is -0.590. The summed E-state index contributed by atoms with van der Waals surface area (Å²) < 4.78 is 11.3. The van der Waals surface area contributed by atoms with Gasteiger partial charge in [-0.15, -0.1) is 0 Å². The Balaban J connectivity index is 1.72. The lowest BCUT2D eigenvalue weighted by Gasteiger charge is -2.36. The Kier molecular flexibility index (Phi) is 4.82. The van der Waals surface area contributed by atoms with Gasteiger partial charge in [-0.3, -0.25) is 0 Å². The highest BCUT2D eigenvalue weighted by Crippen LogP contribution is 2.35. The molecule has 0 amide bonds. The van der Waals surface area contributed by atoms with Crippen LogP contribution in [0, 0.1) is 29.1 Å². The Labute approximate surface area is 104 Å². The number of nitrogens with zero attached hydrogens (tertiary/aromatic N) is 1. The maximum atomic E-state index is 8.77. The fourth-order valence-corrected chi connectivity index (χ4v) is 3.02. The minimum Gasteiger partial charge on any atom is -0.351 e. The van der Waals surface area contributed by atoms with Gasteiger partial charge in [-0.25, -0.2) is 0 Å². The number of hydrogen-bond donors (Lipinski definition) is 0. The third kappa shape index (κ3) is 3.43. The molecule has 96 valence electrons. The van der Waals surface area contributed by atoms with E-state index in [4.69, 9.17) is 14.7 Å². The maximum absolute atomic E-state index is 8.77. The van der Waals surface area contributed by atoms with Gasteiger partial charge in [0.15, 0.2) is 6.29 Å². The molecule has 1 aliphatic heterocycles. The zero-order valence-corrected chi connectivity index (χ0v) is 10.7. The van der Waals surface area contributed by atoms with Crippen LogP contribution in [0.25, 0.3) is 0 Å². The maximum Gasteiger partial charge on any atom is 0.160 e. The second-order valence-corrected chi connectivity index (χ2v) is 5.43. The molecule has 1 saturated heterocycles. The van der Waals surface area contributed by atoms with Gasteiger partial charge in [0.1, 0.15) is 0 Å². The predicted molar refractivity (Wildman–Crippen MR) is 65.2 cm³/mol. The van der Waals surface area contributed by atoms with Crippen molar-refractivity contribution in [3.8, 4) is 6.07 Å². The van der Waals surface area contributed by atoms with Crippen molar-refractivity contribution in [3.05, 3.63) is 0 Å². The molecule has 0 aromatic carbocycles. The van der Waals surface area contributed by atoms with Gasteiger partial charge < -0.3 is 9.47 Å². The van der Waals surface area contributed by atoms with Crippen LogP contribution in [-0.2, 0) is 9.47 Å². The SMILES string of the molecule is CCCC1CCC(C2OCC(C#N)CO2)CC1. The lowest BCUT2D eigenvalue weighted by Crippen LogP contribution is -2.38. The molecule has 0 aromatic rings. The molecule has 0 spiro atoms. The van der Waals surface area contributed by atoms with Crippen LogP contribution in [0.3, 0.4) is 0 Å². The van der Waals surface area contributed by atoms with Gasteiger partial charge in [-0.05, 0) is 31.6 Å². The van der Waals surface area contributed by atoms with Crippen molar-refractivity contribution in [3.63, 3.8) is 0 Å². The van der Waals surface area contributed by atoms with Crippen molar-refractivity contribution in [1.82, 2.24) is 0 Å². The first kappa shape index (κ1) is 12.9. The van der Waals surface area contributed by atoms with E-state index in [1.54, 1.807) is 0 Å². The molecule has 0 atom stereocenters. The lowest BCUT2D eigenvalue weighted by molar-refractivity contribution is -0.221. The summed E-state index contributed by atoms with van der Waals surface area (Å²) in [5.41, 5.74) is 0. The van der Waals surface area contributed by atoms with Gasteiger partial charge in [0.05, 0.1) is 25.2 Å². The van der Waals surface area contributed by atoms with Gasteiger partial charge in [0, 0.05) is 5.92 Å². The van der Waals surface area contributed by atoms with E-state index in [-0.39, 0.29) is 12.2 Å². The minimum absolute atomic E-state index is 0.0397. The molecule has 1 aliphatic carbocycles. The molecule has 3 nitrogen and oxygen atoms in total. The monoisotopic (exact) mass is 237 g/mol. The summed E-state index contributed by atoms with van der Waals surface area (Å²) in [6.45, 7) is 3.37. The molecule has 0 radical (unpaired) electrons. The van der Waals surface area contributed by atoms with Crippen molar-refractivity contribution >= 4 is 0 Å². The van der Waals surface area contributed by atoms with Crippen molar-refractivity contribution in [2.45, 2.75) is 51.7 Å². The van der Waals surface area contributed by atoms with Crippen molar-refractivity contribution in [1.29, 1.82) is 5.26 Å². The molecule has 2 aliphatic rings. The fourth-order valence-electron chi connectivity index (χ4n) is 3.02. The van der Waals surface area contributed by atoms with E-state index in [0.717, 1.165) is 5.92 Å². The molecule has 3 heteroatoms. The highest BCUT2D eigenvalue weighted by Gasteiger charge is 2.32. The molecular formula is C14H23NO2. The van der Waals surface area contributed by atoms with Gasteiger partial charge in [-0.2, -0.15) is 5.26 Å². The summed E-state index contributed by atoms with van der Waals surface area (Å²) in [6.07, 6.45) is 7.74. The smallest absolute Gasteiger partial charge is 0.160 e. The normalized spacial score (nSPS) is 38.6. The van der Waals surface area contributed by atoms with E-state index in [2.05, 4.69) is 13.0 Å². The Morgan fingerprint density at radius 2 is 1.76 bits per heavy atom.